The number of likely N-dealkylation sites (tertiary alicyclic amines) is 1. The van der Waals surface area contributed by atoms with Crippen LogP contribution in [-0.4, -0.2) is 46.2 Å². The molecule has 2 aliphatic rings. The largest absolute Gasteiger partial charge is 0.486 e. The van der Waals surface area contributed by atoms with Gasteiger partial charge in [-0.3, -0.25) is 4.90 Å². The Bertz CT molecular complexity index is 928. The van der Waals surface area contributed by atoms with E-state index >= 15 is 0 Å². The van der Waals surface area contributed by atoms with Crippen LogP contribution in [0.5, 0.6) is 11.5 Å². The predicted octanol–water partition coefficient (Wildman–Crippen LogP) is 2.71. The first-order chi connectivity index (χ1) is 13.5. The fourth-order valence-corrected chi connectivity index (χ4v) is 4.71. The molecular formula is C20H23FN2O4S. The Balaban J connectivity index is 1.53. The lowest BCUT2D eigenvalue weighted by Crippen LogP contribution is -2.36. The van der Waals surface area contributed by atoms with E-state index in [0.717, 1.165) is 31.5 Å². The maximum atomic E-state index is 13.3. The van der Waals surface area contributed by atoms with E-state index < -0.39 is 10.0 Å². The smallest absolute Gasteiger partial charge is 0.240 e. The molecule has 0 radical (unpaired) electrons. The molecule has 8 heteroatoms. The van der Waals surface area contributed by atoms with E-state index in [4.69, 9.17) is 9.47 Å². The summed E-state index contributed by atoms with van der Waals surface area (Å²) in [5, 5.41) is 0. The molecule has 0 unspecified atom stereocenters. The van der Waals surface area contributed by atoms with Gasteiger partial charge in [0.15, 0.2) is 11.5 Å². The summed E-state index contributed by atoms with van der Waals surface area (Å²) in [6.45, 7) is 2.85. The van der Waals surface area contributed by atoms with E-state index in [1.807, 2.05) is 0 Å². The van der Waals surface area contributed by atoms with Gasteiger partial charge in [0.05, 0.1) is 4.90 Å². The first kappa shape index (κ1) is 19.2. The number of fused-ring (bicyclic) bond motifs is 1. The van der Waals surface area contributed by atoms with Gasteiger partial charge in [-0.05, 0) is 55.8 Å². The van der Waals surface area contributed by atoms with Crippen molar-refractivity contribution in [2.24, 2.45) is 0 Å². The highest BCUT2D eigenvalue weighted by Crippen LogP contribution is 2.32. The molecule has 2 heterocycles. The van der Waals surface area contributed by atoms with Crippen LogP contribution in [0.15, 0.2) is 47.4 Å². The van der Waals surface area contributed by atoms with Crippen molar-refractivity contribution < 1.29 is 22.3 Å². The number of ether oxygens (including phenoxy) is 2. The maximum absolute atomic E-state index is 13.3. The molecule has 1 fully saturated rings. The van der Waals surface area contributed by atoms with Crippen molar-refractivity contribution in [3.8, 4) is 11.5 Å². The molecule has 28 heavy (non-hydrogen) atoms. The van der Waals surface area contributed by atoms with Crippen LogP contribution in [0.2, 0.25) is 0 Å². The molecule has 0 aliphatic carbocycles. The van der Waals surface area contributed by atoms with Gasteiger partial charge in [-0.25, -0.2) is 17.5 Å². The van der Waals surface area contributed by atoms with Gasteiger partial charge in [-0.2, -0.15) is 0 Å². The van der Waals surface area contributed by atoms with Gasteiger partial charge in [0.2, 0.25) is 10.0 Å². The average Bonchev–Trinajstić information content (AvgIpc) is 3.23. The normalized spacial score (nSPS) is 18.2. The Morgan fingerprint density at radius 1 is 1.00 bits per heavy atom. The number of nitrogens with one attached hydrogen (secondary N) is 1. The Labute approximate surface area is 164 Å². The van der Waals surface area contributed by atoms with Crippen LogP contribution in [0.1, 0.15) is 24.4 Å². The van der Waals surface area contributed by atoms with Crippen molar-refractivity contribution in [3.63, 3.8) is 0 Å². The summed E-state index contributed by atoms with van der Waals surface area (Å²) >= 11 is 0. The van der Waals surface area contributed by atoms with Crippen LogP contribution in [0, 0.1) is 5.82 Å². The molecule has 0 saturated carbocycles. The van der Waals surface area contributed by atoms with Crippen molar-refractivity contribution >= 4 is 10.0 Å². The molecule has 2 aliphatic heterocycles. The molecule has 0 spiro atoms. The van der Waals surface area contributed by atoms with Crippen LogP contribution in [0.3, 0.4) is 0 Å². The molecule has 150 valence electrons. The van der Waals surface area contributed by atoms with Gasteiger partial charge in [-0.15, -0.1) is 0 Å². The Morgan fingerprint density at radius 2 is 1.68 bits per heavy atom. The number of nitrogens with zero attached hydrogens (tertiary/aromatic N) is 1. The van der Waals surface area contributed by atoms with Crippen molar-refractivity contribution in [1.29, 1.82) is 0 Å². The van der Waals surface area contributed by atoms with Crippen molar-refractivity contribution in [1.82, 2.24) is 9.62 Å². The second-order valence-electron chi connectivity index (χ2n) is 6.97. The standard InChI is InChI=1S/C20H23FN2O4S/c21-16-5-3-15(4-6-16)18(23-9-1-2-10-23)14-22-28(24,25)17-7-8-19-20(13-17)27-12-11-26-19/h3-8,13,18,22H,1-2,9-12,14H2/t18-/m1/s1. The van der Waals surface area contributed by atoms with Gasteiger partial charge in [0, 0.05) is 18.7 Å². The van der Waals surface area contributed by atoms with Crippen molar-refractivity contribution in [2.75, 3.05) is 32.8 Å². The van der Waals surface area contributed by atoms with Crippen LogP contribution in [0.25, 0.3) is 0 Å². The highest BCUT2D eigenvalue weighted by atomic mass is 32.2. The zero-order valence-electron chi connectivity index (χ0n) is 15.4. The molecule has 0 aromatic heterocycles. The third-order valence-corrected chi connectivity index (χ3v) is 6.55. The molecule has 0 bridgehead atoms. The number of sulfonamides is 1. The number of rotatable bonds is 6. The van der Waals surface area contributed by atoms with E-state index in [2.05, 4.69) is 9.62 Å². The quantitative estimate of drug-likeness (QED) is 0.799. The summed E-state index contributed by atoms with van der Waals surface area (Å²) in [7, 11) is -3.72. The molecule has 2 aromatic rings. The summed E-state index contributed by atoms with van der Waals surface area (Å²) in [6.07, 6.45) is 2.15. The highest BCUT2D eigenvalue weighted by Gasteiger charge is 2.26. The van der Waals surface area contributed by atoms with Gasteiger partial charge in [-0.1, -0.05) is 12.1 Å². The second kappa shape index (κ2) is 8.06. The Morgan fingerprint density at radius 3 is 2.39 bits per heavy atom. The predicted molar refractivity (Wildman–Crippen MR) is 103 cm³/mol. The number of hydrogen-bond acceptors (Lipinski definition) is 5. The summed E-state index contributed by atoms with van der Waals surface area (Å²) in [5.41, 5.74) is 0.896. The molecule has 0 amide bonds. The van der Waals surface area contributed by atoms with E-state index in [9.17, 15) is 12.8 Å². The molecule has 1 atom stereocenters. The van der Waals surface area contributed by atoms with Gasteiger partial charge in [0.1, 0.15) is 19.0 Å². The zero-order valence-corrected chi connectivity index (χ0v) is 16.3. The van der Waals surface area contributed by atoms with E-state index in [-0.39, 0.29) is 23.3 Å². The minimum Gasteiger partial charge on any atom is -0.486 e. The van der Waals surface area contributed by atoms with Crippen LogP contribution in [0.4, 0.5) is 4.39 Å². The van der Waals surface area contributed by atoms with Crippen LogP contribution in [-0.2, 0) is 10.0 Å². The first-order valence-electron chi connectivity index (χ1n) is 9.42. The lowest BCUT2D eigenvalue weighted by atomic mass is 10.1. The molecule has 1 N–H and O–H groups in total. The first-order valence-corrected chi connectivity index (χ1v) is 10.9. The Kier molecular flexibility index (Phi) is 5.52. The molecule has 4 rings (SSSR count). The minimum atomic E-state index is -3.72. The number of halogens is 1. The molecular weight excluding hydrogens is 383 g/mol. The summed E-state index contributed by atoms with van der Waals surface area (Å²) in [6, 6.07) is 10.7. The fourth-order valence-electron chi connectivity index (χ4n) is 3.66. The van der Waals surface area contributed by atoms with Gasteiger partial charge < -0.3 is 9.47 Å². The monoisotopic (exact) mass is 406 g/mol. The van der Waals surface area contributed by atoms with E-state index in [0.29, 0.717) is 24.7 Å². The maximum Gasteiger partial charge on any atom is 0.240 e. The van der Waals surface area contributed by atoms with Crippen LogP contribution >= 0.6 is 0 Å². The highest BCUT2D eigenvalue weighted by molar-refractivity contribution is 7.89. The van der Waals surface area contributed by atoms with Gasteiger partial charge in [0.25, 0.3) is 0 Å². The van der Waals surface area contributed by atoms with Gasteiger partial charge >= 0.3 is 0 Å². The lowest BCUT2D eigenvalue weighted by Gasteiger charge is -2.28. The van der Waals surface area contributed by atoms with Crippen molar-refractivity contribution in [3.05, 3.63) is 53.8 Å². The third-order valence-electron chi connectivity index (χ3n) is 5.13. The Hall–Kier alpha value is -2.16. The average molecular weight is 406 g/mol. The third kappa shape index (κ3) is 4.14. The fraction of sp³-hybridized carbons (Fsp3) is 0.400. The summed E-state index contributed by atoms with van der Waals surface area (Å²) in [4.78, 5) is 2.37. The minimum absolute atomic E-state index is 0.135. The summed E-state index contributed by atoms with van der Waals surface area (Å²) < 4.78 is 52.6. The molecule has 2 aromatic carbocycles. The van der Waals surface area contributed by atoms with E-state index in [1.165, 1.54) is 24.3 Å². The molecule has 1 saturated heterocycles. The second-order valence-corrected chi connectivity index (χ2v) is 8.73. The molecule has 6 nitrogen and oxygen atoms in total. The number of benzene rings is 2. The lowest BCUT2D eigenvalue weighted by molar-refractivity contribution is 0.171. The van der Waals surface area contributed by atoms with Crippen molar-refractivity contribution in [2.45, 2.75) is 23.8 Å². The zero-order chi connectivity index (χ0) is 19.6. The van der Waals surface area contributed by atoms with Crippen LogP contribution < -0.4 is 14.2 Å². The van der Waals surface area contributed by atoms with E-state index in [1.54, 1.807) is 18.2 Å². The summed E-state index contributed by atoms with van der Waals surface area (Å²) in [5.74, 6) is 0.677. The SMILES string of the molecule is O=S(=O)(NC[C@H](c1ccc(F)cc1)N1CCCC1)c1ccc2c(c1)OCCO2. The topological polar surface area (TPSA) is 67.9 Å². The number of hydrogen-bond donors (Lipinski definition) is 1.